The monoisotopic (exact) mass is 462 g/mol. The summed E-state index contributed by atoms with van der Waals surface area (Å²) in [5.74, 6) is 0.446. The van der Waals surface area contributed by atoms with E-state index in [1.54, 1.807) is 12.1 Å². The van der Waals surface area contributed by atoms with E-state index in [4.69, 9.17) is 5.73 Å². The lowest BCUT2D eigenvalue weighted by Crippen LogP contribution is -2.53. The van der Waals surface area contributed by atoms with Crippen molar-refractivity contribution in [3.05, 3.63) is 77.4 Å². The molecule has 1 saturated carbocycles. The average Bonchev–Trinajstić information content (AvgIpc) is 3.15. The van der Waals surface area contributed by atoms with Crippen LogP contribution < -0.4 is 10.5 Å². The molecule has 1 heterocycles. The van der Waals surface area contributed by atoms with E-state index < -0.39 is 15.6 Å². The first-order chi connectivity index (χ1) is 15.7. The fraction of sp³-hybridized carbons (Fsp3) is 0.240. The highest BCUT2D eigenvalue weighted by Gasteiger charge is 2.45. The molecule has 3 aromatic carbocycles. The fourth-order valence-corrected chi connectivity index (χ4v) is 6.14. The van der Waals surface area contributed by atoms with Gasteiger partial charge in [0.15, 0.2) is 5.82 Å². The van der Waals surface area contributed by atoms with Crippen molar-refractivity contribution < 1.29 is 13.5 Å². The smallest absolute Gasteiger partial charge is 0.240 e. The molecule has 1 aromatic heterocycles. The molecule has 5 rings (SSSR count). The molecule has 0 amide bonds. The Hall–Kier alpha value is -3.20. The van der Waals surface area contributed by atoms with Gasteiger partial charge in [0.1, 0.15) is 0 Å². The van der Waals surface area contributed by atoms with E-state index in [-0.39, 0.29) is 10.9 Å². The number of rotatable bonds is 5. The molecule has 0 atom stereocenters. The summed E-state index contributed by atoms with van der Waals surface area (Å²) in [5.41, 5.74) is 10.5. The molecule has 0 bridgehead atoms. The highest BCUT2D eigenvalue weighted by Crippen LogP contribution is 2.42. The lowest BCUT2D eigenvalue weighted by atomic mass is 9.72. The van der Waals surface area contributed by atoms with Crippen molar-refractivity contribution in [1.29, 1.82) is 0 Å². The molecule has 0 radical (unpaired) electrons. The number of nitrogen functional groups attached to an aromatic ring is 1. The van der Waals surface area contributed by atoms with Gasteiger partial charge in [-0.3, -0.25) is 5.10 Å². The summed E-state index contributed by atoms with van der Waals surface area (Å²) in [6.45, 7) is 3.88. The van der Waals surface area contributed by atoms with Crippen LogP contribution in [0, 0.1) is 13.8 Å². The normalized spacial score (nSPS) is 20.6. The molecule has 170 valence electrons. The van der Waals surface area contributed by atoms with Crippen LogP contribution in [0.15, 0.2) is 65.6 Å². The van der Waals surface area contributed by atoms with E-state index in [1.807, 2.05) is 62.4 Å². The third-order valence-electron chi connectivity index (χ3n) is 6.62. The Bertz CT molecular complexity index is 1460. The Morgan fingerprint density at radius 1 is 1.06 bits per heavy atom. The molecule has 8 heteroatoms. The van der Waals surface area contributed by atoms with Gasteiger partial charge in [0.2, 0.25) is 10.0 Å². The summed E-state index contributed by atoms with van der Waals surface area (Å²) in [7, 11) is -3.71. The lowest BCUT2D eigenvalue weighted by Gasteiger charge is -2.44. The molecule has 1 aliphatic carbocycles. The van der Waals surface area contributed by atoms with Gasteiger partial charge in [-0.15, -0.1) is 0 Å². The number of aromatic nitrogens is 2. The second kappa shape index (κ2) is 7.69. The summed E-state index contributed by atoms with van der Waals surface area (Å²) >= 11 is 0. The maximum Gasteiger partial charge on any atom is 0.240 e. The largest absolute Gasteiger partial charge is 0.385 e. The predicted octanol–water partition coefficient (Wildman–Crippen LogP) is 3.76. The number of nitrogens with zero attached hydrogens (tertiary/aromatic N) is 1. The maximum absolute atomic E-state index is 13.0. The van der Waals surface area contributed by atoms with Gasteiger partial charge in [-0.2, -0.15) is 5.10 Å². The molecule has 0 unspecified atom stereocenters. The second-order valence-electron chi connectivity index (χ2n) is 8.87. The van der Waals surface area contributed by atoms with Crippen LogP contribution in [0.2, 0.25) is 0 Å². The SMILES string of the molecule is Cc1cc(S(=O)(=O)NC2CC(O)(c3ccccc3)C2)ccc1-c1ccc2[nH]nc(N)c2c1C. The molecule has 0 saturated heterocycles. The number of nitrogens with one attached hydrogen (secondary N) is 2. The van der Waals surface area contributed by atoms with Crippen LogP contribution in [0.5, 0.6) is 0 Å². The van der Waals surface area contributed by atoms with Gasteiger partial charge in [0.05, 0.1) is 16.0 Å². The Kier molecular flexibility index (Phi) is 5.04. The van der Waals surface area contributed by atoms with Crippen molar-refractivity contribution in [2.75, 3.05) is 5.73 Å². The van der Waals surface area contributed by atoms with Crippen LogP contribution in [0.4, 0.5) is 5.82 Å². The third-order valence-corrected chi connectivity index (χ3v) is 8.14. The van der Waals surface area contributed by atoms with E-state index in [9.17, 15) is 13.5 Å². The minimum atomic E-state index is -3.71. The number of aryl methyl sites for hydroxylation is 2. The standard InChI is InChI=1S/C25H26N4O3S/c1-15-12-19(8-9-20(15)21-10-11-22-23(16(21)2)24(26)28-27-22)33(31,32)29-18-13-25(30,14-18)17-6-4-3-5-7-17/h3-12,18,29-30H,13-14H2,1-2H3,(H3,26,27,28). The first-order valence-corrected chi connectivity index (χ1v) is 12.3. The van der Waals surface area contributed by atoms with Gasteiger partial charge >= 0.3 is 0 Å². The van der Waals surface area contributed by atoms with Gasteiger partial charge in [0.25, 0.3) is 0 Å². The highest BCUT2D eigenvalue weighted by molar-refractivity contribution is 7.89. The van der Waals surface area contributed by atoms with Gasteiger partial charge in [-0.25, -0.2) is 13.1 Å². The van der Waals surface area contributed by atoms with Gasteiger partial charge in [0, 0.05) is 11.4 Å². The zero-order chi connectivity index (χ0) is 23.4. The van der Waals surface area contributed by atoms with Crippen LogP contribution in [0.3, 0.4) is 0 Å². The van der Waals surface area contributed by atoms with Gasteiger partial charge in [-0.1, -0.05) is 42.5 Å². The summed E-state index contributed by atoms with van der Waals surface area (Å²) in [6, 6.07) is 18.1. The first-order valence-electron chi connectivity index (χ1n) is 10.8. The Morgan fingerprint density at radius 3 is 2.45 bits per heavy atom. The van der Waals surface area contributed by atoms with Crippen LogP contribution in [0.25, 0.3) is 22.0 Å². The van der Waals surface area contributed by atoms with Crippen LogP contribution >= 0.6 is 0 Å². The topological polar surface area (TPSA) is 121 Å². The molecule has 0 aliphatic heterocycles. The van der Waals surface area contributed by atoms with Crippen molar-refractivity contribution in [3.8, 4) is 11.1 Å². The number of anilines is 1. The minimum Gasteiger partial charge on any atom is -0.385 e. The molecule has 0 spiro atoms. The summed E-state index contributed by atoms with van der Waals surface area (Å²) in [6.07, 6.45) is 0.692. The number of H-pyrrole nitrogens is 1. The number of aromatic amines is 1. The Morgan fingerprint density at radius 2 is 1.76 bits per heavy atom. The van der Waals surface area contributed by atoms with Crippen molar-refractivity contribution >= 4 is 26.7 Å². The lowest BCUT2D eigenvalue weighted by molar-refractivity contribution is -0.0563. The summed E-state index contributed by atoms with van der Waals surface area (Å²) < 4.78 is 28.8. The maximum atomic E-state index is 13.0. The number of hydrogen-bond donors (Lipinski definition) is 4. The Balaban J connectivity index is 1.37. The van der Waals surface area contributed by atoms with Gasteiger partial charge < -0.3 is 10.8 Å². The Labute approximate surface area is 192 Å². The molecule has 1 fully saturated rings. The molecule has 7 nitrogen and oxygen atoms in total. The molecular weight excluding hydrogens is 436 g/mol. The van der Waals surface area contributed by atoms with E-state index >= 15 is 0 Å². The molecular formula is C25H26N4O3S. The van der Waals surface area contributed by atoms with E-state index in [0.29, 0.717) is 18.7 Å². The molecule has 1 aliphatic rings. The number of hydrogen-bond acceptors (Lipinski definition) is 5. The van der Waals surface area contributed by atoms with Crippen molar-refractivity contribution in [3.63, 3.8) is 0 Å². The van der Waals surface area contributed by atoms with Crippen molar-refractivity contribution in [2.24, 2.45) is 0 Å². The number of benzene rings is 3. The van der Waals surface area contributed by atoms with E-state index in [2.05, 4.69) is 14.9 Å². The van der Waals surface area contributed by atoms with E-state index in [1.165, 1.54) is 0 Å². The molecule has 5 N–H and O–H groups in total. The number of sulfonamides is 1. The van der Waals surface area contributed by atoms with Crippen LogP contribution in [0.1, 0.15) is 29.5 Å². The highest BCUT2D eigenvalue weighted by atomic mass is 32.2. The number of nitrogens with two attached hydrogens (primary N) is 1. The summed E-state index contributed by atoms with van der Waals surface area (Å²) in [5, 5.41) is 18.7. The fourth-order valence-electron chi connectivity index (χ4n) is 4.82. The zero-order valence-corrected chi connectivity index (χ0v) is 19.3. The molecule has 33 heavy (non-hydrogen) atoms. The van der Waals surface area contributed by atoms with Crippen molar-refractivity contribution in [1.82, 2.24) is 14.9 Å². The van der Waals surface area contributed by atoms with Crippen molar-refractivity contribution in [2.45, 2.75) is 43.2 Å². The number of fused-ring (bicyclic) bond motifs is 1. The van der Waals surface area contributed by atoms with Crippen LogP contribution in [-0.4, -0.2) is 29.8 Å². The number of aliphatic hydroxyl groups is 1. The minimum absolute atomic E-state index is 0.209. The van der Waals surface area contributed by atoms with E-state index in [0.717, 1.165) is 38.7 Å². The third kappa shape index (κ3) is 3.70. The quantitative estimate of drug-likeness (QED) is 0.360. The second-order valence-corrected chi connectivity index (χ2v) is 10.6. The zero-order valence-electron chi connectivity index (χ0n) is 18.5. The predicted molar refractivity (Wildman–Crippen MR) is 129 cm³/mol. The van der Waals surface area contributed by atoms with Crippen LogP contribution in [-0.2, 0) is 15.6 Å². The van der Waals surface area contributed by atoms with Gasteiger partial charge in [-0.05, 0) is 72.7 Å². The first kappa shape index (κ1) is 21.6. The molecule has 4 aromatic rings. The average molecular weight is 463 g/mol. The summed E-state index contributed by atoms with van der Waals surface area (Å²) in [4.78, 5) is 0.209.